The Balaban J connectivity index is 2.76. The maximum absolute atomic E-state index is 10.5. The molecule has 148 valence electrons. The summed E-state index contributed by atoms with van der Waals surface area (Å²) in [6.45, 7) is 12.9. The molecule has 0 atom stereocenters. The van der Waals surface area contributed by atoms with Gasteiger partial charge in [0.2, 0.25) is 0 Å². The number of hydrogen-bond donors (Lipinski definition) is 2. The van der Waals surface area contributed by atoms with Crippen LogP contribution in [0.15, 0.2) is 24.3 Å². The first-order valence-electron chi connectivity index (χ1n) is 10.6. The highest BCUT2D eigenvalue weighted by molar-refractivity contribution is 5.52. The molecule has 0 aliphatic carbocycles. The number of phenols is 2. The largest absolute Gasteiger partial charge is 0.507 e. The summed E-state index contributed by atoms with van der Waals surface area (Å²) < 4.78 is 0. The first-order chi connectivity index (χ1) is 12.9. The Hall–Kier alpha value is -1.96. The minimum Gasteiger partial charge on any atom is -0.507 e. The number of hydrogen-bond acceptors (Lipinski definition) is 2. The van der Waals surface area contributed by atoms with E-state index in [0.717, 1.165) is 60.8 Å². The highest BCUT2D eigenvalue weighted by Gasteiger charge is 2.30. The average Bonchev–Trinajstić information content (AvgIpc) is 2.68. The molecule has 0 unspecified atom stereocenters. The quantitative estimate of drug-likeness (QED) is 0.562. The smallest absolute Gasteiger partial charge is 0.121 e. The van der Waals surface area contributed by atoms with Crippen LogP contribution in [-0.4, -0.2) is 10.2 Å². The third kappa shape index (κ3) is 4.00. The second-order valence-electron chi connectivity index (χ2n) is 7.78. The van der Waals surface area contributed by atoms with E-state index in [0.29, 0.717) is 11.5 Å². The molecule has 0 aliphatic rings. The van der Waals surface area contributed by atoms with Gasteiger partial charge in [0.25, 0.3) is 0 Å². The number of aryl methyl sites for hydroxylation is 4. The van der Waals surface area contributed by atoms with Crippen LogP contribution in [0.4, 0.5) is 0 Å². The highest BCUT2D eigenvalue weighted by Crippen LogP contribution is 2.42. The molecule has 0 spiro atoms. The molecule has 2 rings (SSSR count). The van der Waals surface area contributed by atoms with Gasteiger partial charge < -0.3 is 10.2 Å². The summed E-state index contributed by atoms with van der Waals surface area (Å²) >= 11 is 0. The van der Waals surface area contributed by atoms with Gasteiger partial charge in [0.05, 0.1) is 0 Å². The minimum atomic E-state index is -0.141. The van der Waals surface area contributed by atoms with Crippen molar-refractivity contribution >= 4 is 0 Å². The van der Waals surface area contributed by atoms with E-state index in [-0.39, 0.29) is 5.41 Å². The van der Waals surface area contributed by atoms with Crippen LogP contribution in [-0.2, 0) is 31.1 Å². The van der Waals surface area contributed by atoms with E-state index in [1.807, 2.05) is 0 Å². The van der Waals surface area contributed by atoms with E-state index in [2.05, 4.69) is 65.8 Å². The van der Waals surface area contributed by atoms with Gasteiger partial charge in [0.1, 0.15) is 11.5 Å². The molecule has 0 saturated carbocycles. The van der Waals surface area contributed by atoms with E-state index in [4.69, 9.17) is 0 Å². The normalized spacial score (nSPS) is 11.8. The predicted molar refractivity (Wildman–Crippen MR) is 115 cm³/mol. The zero-order valence-corrected chi connectivity index (χ0v) is 17.9. The summed E-state index contributed by atoms with van der Waals surface area (Å²) in [4.78, 5) is 0. The third-order valence-corrected chi connectivity index (χ3v) is 6.08. The van der Waals surface area contributed by atoms with Gasteiger partial charge in [-0.1, -0.05) is 72.2 Å². The SMILES string of the molecule is CCCC(C)(c1cc(CC)c(O)c(CC)c1)c1cc(CC)c(O)c(CC)c1. The molecule has 2 nitrogen and oxygen atoms in total. The number of phenolic OH excluding ortho intramolecular Hbond substituents is 2. The molecule has 2 heteroatoms. The molecule has 0 bridgehead atoms. The van der Waals surface area contributed by atoms with Crippen LogP contribution in [0, 0.1) is 0 Å². The van der Waals surface area contributed by atoms with Crippen LogP contribution in [0.2, 0.25) is 0 Å². The highest BCUT2D eigenvalue weighted by atomic mass is 16.3. The van der Waals surface area contributed by atoms with Crippen molar-refractivity contribution in [2.75, 3.05) is 0 Å². The van der Waals surface area contributed by atoms with Gasteiger partial charge in [-0.2, -0.15) is 0 Å². The first kappa shape index (κ1) is 21.3. The summed E-state index contributed by atoms with van der Waals surface area (Å²) in [6, 6.07) is 8.75. The average molecular weight is 369 g/mol. The molecule has 0 radical (unpaired) electrons. The number of benzene rings is 2. The standard InChI is InChI=1S/C25H36O2/c1-7-12-25(6,21-13-17(8-2)23(26)18(9-3)14-21)22-15-19(10-4)24(27)20(11-5)16-22/h13-16,26-27H,7-12H2,1-6H3. The van der Waals surface area contributed by atoms with Crippen LogP contribution < -0.4 is 0 Å². The Labute approximate surface area is 165 Å². The lowest BCUT2D eigenvalue weighted by Gasteiger charge is -2.33. The molecule has 0 aromatic heterocycles. The number of aromatic hydroxyl groups is 2. The zero-order valence-electron chi connectivity index (χ0n) is 17.9. The van der Waals surface area contributed by atoms with Crippen molar-refractivity contribution in [3.63, 3.8) is 0 Å². The fourth-order valence-corrected chi connectivity index (χ4v) is 4.19. The zero-order chi connectivity index (χ0) is 20.2. The molecule has 27 heavy (non-hydrogen) atoms. The monoisotopic (exact) mass is 368 g/mol. The second-order valence-corrected chi connectivity index (χ2v) is 7.78. The molecular weight excluding hydrogens is 332 g/mol. The van der Waals surface area contributed by atoms with Crippen LogP contribution in [0.3, 0.4) is 0 Å². The van der Waals surface area contributed by atoms with E-state index < -0.39 is 0 Å². The van der Waals surface area contributed by atoms with E-state index >= 15 is 0 Å². The maximum atomic E-state index is 10.5. The Morgan fingerprint density at radius 1 is 0.630 bits per heavy atom. The minimum absolute atomic E-state index is 0.141. The summed E-state index contributed by atoms with van der Waals surface area (Å²) in [5, 5.41) is 21.1. The van der Waals surface area contributed by atoms with Gasteiger partial charge in [-0.05, 0) is 65.5 Å². The van der Waals surface area contributed by atoms with Crippen molar-refractivity contribution in [2.24, 2.45) is 0 Å². The topological polar surface area (TPSA) is 40.5 Å². The fraction of sp³-hybridized carbons (Fsp3) is 0.520. The Morgan fingerprint density at radius 2 is 0.926 bits per heavy atom. The third-order valence-electron chi connectivity index (χ3n) is 6.08. The second kappa shape index (κ2) is 8.82. The van der Waals surface area contributed by atoms with E-state index in [9.17, 15) is 10.2 Å². The molecule has 0 amide bonds. The molecule has 0 heterocycles. The van der Waals surface area contributed by atoms with Crippen molar-refractivity contribution in [1.82, 2.24) is 0 Å². The molecule has 0 aliphatic heterocycles. The van der Waals surface area contributed by atoms with Crippen LogP contribution in [0.1, 0.15) is 87.8 Å². The fourth-order valence-electron chi connectivity index (χ4n) is 4.19. The van der Waals surface area contributed by atoms with Crippen molar-refractivity contribution in [2.45, 2.75) is 85.5 Å². The van der Waals surface area contributed by atoms with Crippen LogP contribution in [0.5, 0.6) is 11.5 Å². The van der Waals surface area contributed by atoms with Crippen molar-refractivity contribution in [3.8, 4) is 11.5 Å². The molecule has 2 aromatic rings. The molecule has 2 aromatic carbocycles. The summed E-state index contributed by atoms with van der Waals surface area (Å²) in [7, 11) is 0. The van der Waals surface area contributed by atoms with Crippen molar-refractivity contribution < 1.29 is 10.2 Å². The van der Waals surface area contributed by atoms with Crippen molar-refractivity contribution in [1.29, 1.82) is 0 Å². The van der Waals surface area contributed by atoms with Crippen LogP contribution >= 0.6 is 0 Å². The molecule has 0 saturated heterocycles. The van der Waals surface area contributed by atoms with Crippen LogP contribution in [0.25, 0.3) is 0 Å². The van der Waals surface area contributed by atoms with E-state index in [1.54, 1.807) is 0 Å². The Morgan fingerprint density at radius 3 is 1.15 bits per heavy atom. The first-order valence-corrected chi connectivity index (χ1v) is 10.6. The molecule has 2 N–H and O–H groups in total. The van der Waals surface area contributed by atoms with E-state index in [1.165, 1.54) is 11.1 Å². The lowest BCUT2D eigenvalue weighted by Crippen LogP contribution is -2.24. The van der Waals surface area contributed by atoms with Crippen molar-refractivity contribution in [3.05, 3.63) is 57.6 Å². The lowest BCUT2D eigenvalue weighted by atomic mass is 9.71. The van der Waals surface area contributed by atoms with Gasteiger partial charge >= 0.3 is 0 Å². The van der Waals surface area contributed by atoms with Gasteiger partial charge in [0.15, 0.2) is 0 Å². The lowest BCUT2D eigenvalue weighted by molar-refractivity contribution is 0.455. The number of rotatable bonds is 8. The van der Waals surface area contributed by atoms with Gasteiger partial charge in [-0.25, -0.2) is 0 Å². The maximum Gasteiger partial charge on any atom is 0.121 e. The van der Waals surface area contributed by atoms with Gasteiger partial charge in [0, 0.05) is 5.41 Å². The molecular formula is C25H36O2. The summed E-state index contributed by atoms with van der Waals surface area (Å²) in [5.74, 6) is 0.911. The Kier molecular flexibility index (Phi) is 6.97. The summed E-state index contributed by atoms with van der Waals surface area (Å²) in [5.41, 5.74) is 6.50. The summed E-state index contributed by atoms with van der Waals surface area (Å²) in [6.07, 6.45) is 5.40. The van der Waals surface area contributed by atoms with Gasteiger partial charge in [-0.3, -0.25) is 0 Å². The molecule has 0 fully saturated rings. The Bertz CT molecular complexity index is 677. The predicted octanol–water partition coefficient (Wildman–Crippen LogP) is 6.45. The van der Waals surface area contributed by atoms with Gasteiger partial charge in [-0.15, -0.1) is 0 Å².